The lowest BCUT2D eigenvalue weighted by molar-refractivity contribution is -0.139. The summed E-state index contributed by atoms with van der Waals surface area (Å²) in [6.45, 7) is 1.97. The molecule has 1 aliphatic heterocycles. The second kappa shape index (κ2) is 18.8. The largest absolute Gasteiger partial charge is 0.478 e. The number of urea groups is 1. The minimum Gasteiger partial charge on any atom is -0.478 e. The summed E-state index contributed by atoms with van der Waals surface area (Å²) in [4.78, 5) is 48.9. The highest BCUT2D eigenvalue weighted by Crippen LogP contribution is 2.44. The monoisotopic (exact) mass is 685 g/mol. The first-order valence-electron chi connectivity index (χ1n) is 16.2. The molecule has 0 fully saturated rings. The lowest BCUT2D eigenvalue weighted by Crippen LogP contribution is -2.46. The lowest BCUT2D eigenvalue weighted by atomic mass is 9.85. The summed E-state index contributed by atoms with van der Waals surface area (Å²) >= 11 is 0. The summed E-state index contributed by atoms with van der Waals surface area (Å²) in [6.07, 6.45) is 0.323. The van der Waals surface area contributed by atoms with Crippen molar-refractivity contribution in [2.75, 3.05) is 11.9 Å². The topological polar surface area (TPSA) is 159 Å². The first kappa shape index (κ1) is 37.1. The molecule has 2 atom stereocenters. The van der Waals surface area contributed by atoms with Crippen LogP contribution in [0, 0.1) is 0 Å². The molecule has 0 saturated heterocycles. The van der Waals surface area contributed by atoms with Crippen LogP contribution in [0.5, 0.6) is 0 Å². The predicted octanol–water partition coefficient (Wildman–Crippen LogP) is 7.95. The number of benzene rings is 5. The predicted molar refractivity (Wildman–Crippen MR) is 195 cm³/mol. The maximum atomic E-state index is 13.8. The van der Waals surface area contributed by atoms with Gasteiger partial charge >= 0.3 is 23.9 Å². The third-order valence-electron chi connectivity index (χ3n) is 7.74. The molecule has 0 bridgehead atoms. The van der Waals surface area contributed by atoms with Crippen molar-refractivity contribution in [3.63, 3.8) is 0 Å². The molecule has 260 valence electrons. The summed E-state index contributed by atoms with van der Waals surface area (Å²) in [5, 5.41) is 19.8. The Morgan fingerprint density at radius 2 is 1.08 bits per heavy atom. The van der Waals surface area contributed by atoms with E-state index >= 15 is 0 Å². The van der Waals surface area contributed by atoms with Crippen LogP contribution in [0.4, 0.5) is 10.5 Å². The number of anilines is 1. The molecule has 1 heterocycles. The number of aromatic carboxylic acids is 2. The summed E-state index contributed by atoms with van der Waals surface area (Å²) in [7, 11) is 0. The molecular weight excluding hydrogens is 646 g/mol. The van der Waals surface area contributed by atoms with E-state index in [1.54, 1.807) is 72.5 Å². The van der Waals surface area contributed by atoms with Gasteiger partial charge in [-0.2, -0.15) is 0 Å². The minimum atomic E-state index is -0.879. The van der Waals surface area contributed by atoms with E-state index < -0.39 is 23.9 Å². The van der Waals surface area contributed by atoms with E-state index in [0.717, 1.165) is 11.1 Å². The quantitative estimate of drug-likeness (QED) is 0.126. The van der Waals surface area contributed by atoms with Crippen molar-refractivity contribution in [2.45, 2.75) is 25.4 Å². The summed E-state index contributed by atoms with van der Waals surface area (Å²) in [6, 6.07) is 43.6. The van der Waals surface area contributed by atoms with Crippen molar-refractivity contribution in [3.8, 4) is 0 Å². The van der Waals surface area contributed by atoms with Gasteiger partial charge in [-0.3, -0.25) is 0 Å². The Hall–Kier alpha value is -6.68. The van der Waals surface area contributed by atoms with Crippen LogP contribution in [0.3, 0.4) is 0 Å². The third-order valence-corrected chi connectivity index (χ3v) is 7.74. The number of rotatable bonds is 7. The van der Waals surface area contributed by atoms with Crippen molar-refractivity contribution >= 4 is 29.6 Å². The zero-order valence-corrected chi connectivity index (χ0v) is 28.0. The number of hydrogen-bond acceptors (Lipinski definition) is 6. The normalized spacial score (nSPS) is 14.8. The van der Waals surface area contributed by atoms with Gasteiger partial charge < -0.3 is 30.9 Å². The fourth-order valence-corrected chi connectivity index (χ4v) is 5.41. The molecule has 5 aromatic carbocycles. The van der Waals surface area contributed by atoms with Gasteiger partial charge in [-0.15, -0.1) is 0 Å². The molecular formula is C41H39N3O7. The molecule has 5 N–H and O–H groups in total. The smallest absolute Gasteiger partial charge is 0.338 e. The highest BCUT2D eigenvalue weighted by atomic mass is 16.5. The van der Waals surface area contributed by atoms with E-state index in [9.17, 15) is 19.2 Å². The number of carbonyl (C=O) groups is 4. The van der Waals surface area contributed by atoms with E-state index in [-0.39, 0.29) is 18.7 Å². The number of nitrogens with zero attached hydrogens (tertiary/aromatic N) is 1. The Bertz CT molecular complexity index is 1850. The van der Waals surface area contributed by atoms with Gasteiger partial charge in [0.25, 0.3) is 0 Å². The molecule has 6 rings (SSSR count). The average molecular weight is 686 g/mol. The molecule has 0 aliphatic carbocycles. The number of para-hydroxylation sites is 1. The van der Waals surface area contributed by atoms with Crippen LogP contribution in [0.2, 0.25) is 0 Å². The Kier molecular flexibility index (Phi) is 13.7. The third kappa shape index (κ3) is 10.4. The molecule has 10 nitrogen and oxygen atoms in total. The number of esters is 1. The summed E-state index contributed by atoms with van der Waals surface area (Å²) < 4.78 is 5.36. The molecule has 0 saturated carbocycles. The molecule has 10 heteroatoms. The number of amides is 2. The summed E-state index contributed by atoms with van der Waals surface area (Å²) in [5.41, 5.74) is 10.3. The lowest BCUT2D eigenvalue weighted by Gasteiger charge is -2.43. The van der Waals surface area contributed by atoms with Crippen LogP contribution in [0.1, 0.15) is 57.3 Å². The van der Waals surface area contributed by atoms with E-state index in [2.05, 4.69) is 5.32 Å². The molecule has 2 amide bonds. The first-order chi connectivity index (χ1) is 24.7. The number of ether oxygens (including phenoxy) is 1. The van der Waals surface area contributed by atoms with Gasteiger partial charge in [0.15, 0.2) is 0 Å². The second-order valence-corrected chi connectivity index (χ2v) is 11.1. The number of carboxylic acids is 2. The van der Waals surface area contributed by atoms with Crippen molar-refractivity contribution in [3.05, 3.63) is 185 Å². The van der Waals surface area contributed by atoms with E-state index in [0.29, 0.717) is 34.5 Å². The maximum absolute atomic E-state index is 13.8. The molecule has 0 spiro atoms. The second-order valence-electron chi connectivity index (χ2n) is 11.1. The van der Waals surface area contributed by atoms with Gasteiger partial charge in [0.1, 0.15) is 0 Å². The van der Waals surface area contributed by atoms with Crippen molar-refractivity contribution < 1.29 is 34.1 Å². The molecule has 0 aromatic heterocycles. The number of hydrogen-bond donors (Lipinski definition) is 4. The summed E-state index contributed by atoms with van der Waals surface area (Å²) in [5.74, 6) is -2.26. The Morgan fingerprint density at radius 3 is 1.49 bits per heavy atom. The molecule has 51 heavy (non-hydrogen) atoms. The zero-order chi connectivity index (χ0) is 36.6. The molecule has 2 unspecified atom stereocenters. The van der Waals surface area contributed by atoms with Gasteiger partial charge in [-0.25, -0.2) is 19.2 Å². The standard InChI is InChI=1S/C27H27N3O3.2C7H6O2/c1-2-33-26(31)24-22(28)18-23(19-12-6-3-7-13-19)30(25(24)20-14-8-4-9-15-20)27(32)29-21-16-10-5-11-17-21;2*8-7(9)6-4-2-1-3-5-6/h3-17,23,25H,2,18,28H2,1H3,(H,29,32);2*1-5H,(H,8,9). The number of nitrogens with two attached hydrogens (primary N) is 1. The number of carboxylic acid groups (broad SMARTS) is 2. The van der Waals surface area contributed by atoms with Crippen molar-refractivity contribution in [2.24, 2.45) is 5.73 Å². The molecule has 5 aromatic rings. The fraction of sp³-hybridized carbons (Fsp3) is 0.122. The van der Waals surface area contributed by atoms with Crippen molar-refractivity contribution in [1.82, 2.24) is 4.90 Å². The van der Waals surface area contributed by atoms with Gasteiger partial charge in [0, 0.05) is 17.8 Å². The van der Waals surface area contributed by atoms with Crippen LogP contribution in [-0.2, 0) is 9.53 Å². The minimum absolute atomic E-state index is 0.218. The molecule has 1 aliphatic rings. The Labute approximate surface area is 296 Å². The van der Waals surface area contributed by atoms with Gasteiger partial charge in [0.05, 0.1) is 35.4 Å². The zero-order valence-electron chi connectivity index (χ0n) is 28.0. The van der Waals surface area contributed by atoms with Crippen LogP contribution >= 0.6 is 0 Å². The van der Waals surface area contributed by atoms with Gasteiger partial charge in [-0.05, 0) is 54.4 Å². The highest BCUT2D eigenvalue weighted by molar-refractivity contribution is 5.95. The molecule has 0 radical (unpaired) electrons. The SMILES string of the molecule is CCOC(=O)C1=C(N)CC(c2ccccc2)N(C(=O)Nc2ccccc2)C1c1ccccc1.O=C(O)c1ccccc1.O=C(O)c1ccccc1. The maximum Gasteiger partial charge on any atom is 0.338 e. The first-order valence-corrected chi connectivity index (χ1v) is 16.2. The Morgan fingerprint density at radius 1 is 0.667 bits per heavy atom. The van der Waals surface area contributed by atoms with Gasteiger partial charge in [-0.1, -0.05) is 115 Å². The fourth-order valence-electron chi connectivity index (χ4n) is 5.41. The van der Waals surface area contributed by atoms with Crippen LogP contribution in [-0.4, -0.2) is 45.7 Å². The highest BCUT2D eigenvalue weighted by Gasteiger charge is 2.43. The average Bonchev–Trinajstić information content (AvgIpc) is 3.16. The van der Waals surface area contributed by atoms with Crippen molar-refractivity contribution in [1.29, 1.82) is 0 Å². The number of nitrogens with one attached hydrogen (secondary N) is 1. The van der Waals surface area contributed by atoms with Crippen LogP contribution in [0.15, 0.2) is 163 Å². The van der Waals surface area contributed by atoms with Gasteiger partial charge in [0.2, 0.25) is 0 Å². The van der Waals surface area contributed by atoms with Crippen LogP contribution in [0.25, 0.3) is 0 Å². The number of carbonyl (C=O) groups excluding carboxylic acids is 2. The van der Waals surface area contributed by atoms with E-state index in [1.165, 1.54) is 0 Å². The van der Waals surface area contributed by atoms with E-state index in [4.69, 9.17) is 20.7 Å². The Balaban J connectivity index is 0.000000262. The van der Waals surface area contributed by atoms with E-state index in [1.807, 2.05) is 91.0 Å². The van der Waals surface area contributed by atoms with Crippen LogP contribution < -0.4 is 11.1 Å².